The summed E-state index contributed by atoms with van der Waals surface area (Å²) < 4.78 is 0. The molecule has 0 bridgehead atoms. The van der Waals surface area contributed by atoms with Gasteiger partial charge in [-0.1, -0.05) is 26.0 Å². The number of para-hydroxylation sites is 1. The first-order chi connectivity index (χ1) is 10.7. The van der Waals surface area contributed by atoms with E-state index in [0.29, 0.717) is 12.1 Å². The number of benzene rings is 1. The van der Waals surface area contributed by atoms with Gasteiger partial charge in [-0.2, -0.15) is 0 Å². The van der Waals surface area contributed by atoms with Crippen LogP contribution in [0, 0.1) is 0 Å². The Morgan fingerprint density at radius 3 is 2.73 bits per heavy atom. The zero-order valence-electron chi connectivity index (χ0n) is 13.3. The van der Waals surface area contributed by atoms with E-state index in [1.807, 2.05) is 34.1 Å². The predicted octanol–water partition coefficient (Wildman–Crippen LogP) is 1.94. The monoisotopic (exact) mass is 301 g/mol. The van der Waals surface area contributed by atoms with Gasteiger partial charge >= 0.3 is 0 Å². The van der Waals surface area contributed by atoms with Crippen molar-refractivity contribution >= 4 is 17.5 Å². The van der Waals surface area contributed by atoms with Gasteiger partial charge in [0.1, 0.15) is 6.17 Å². The maximum atomic E-state index is 12.9. The van der Waals surface area contributed by atoms with Crippen molar-refractivity contribution in [2.24, 2.45) is 0 Å². The lowest BCUT2D eigenvalue weighted by atomic mass is 10.1. The second-order valence-corrected chi connectivity index (χ2v) is 5.86. The van der Waals surface area contributed by atoms with Crippen molar-refractivity contribution in [1.82, 2.24) is 9.80 Å². The second-order valence-electron chi connectivity index (χ2n) is 5.86. The van der Waals surface area contributed by atoms with Crippen molar-refractivity contribution in [2.45, 2.75) is 32.9 Å². The van der Waals surface area contributed by atoms with Crippen LogP contribution in [0.3, 0.4) is 0 Å². The van der Waals surface area contributed by atoms with Gasteiger partial charge in [0, 0.05) is 6.54 Å². The summed E-state index contributed by atoms with van der Waals surface area (Å²) in [5.41, 5.74) is 1.42. The Bertz CT molecular complexity index is 583. The number of carbonyl (C=O) groups is 2. The minimum Gasteiger partial charge on any atom is -0.318 e. The first kappa shape index (κ1) is 15.0. The van der Waals surface area contributed by atoms with Crippen molar-refractivity contribution in [3.05, 3.63) is 29.8 Å². The van der Waals surface area contributed by atoms with Gasteiger partial charge in [-0.05, 0) is 38.1 Å². The number of hydrogen-bond acceptors (Lipinski definition) is 3. The highest BCUT2D eigenvalue weighted by molar-refractivity contribution is 6.08. The summed E-state index contributed by atoms with van der Waals surface area (Å²) in [5, 5.41) is 0. The number of hydrogen-bond donors (Lipinski definition) is 0. The maximum Gasteiger partial charge on any atom is 0.257 e. The highest BCUT2D eigenvalue weighted by atomic mass is 16.2. The molecular formula is C17H23N3O2. The molecule has 5 heteroatoms. The summed E-state index contributed by atoms with van der Waals surface area (Å²) in [6, 6.07) is 7.47. The summed E-state index contributed by atoms with van der Waals surface area (Å²) in [6.07, 6.45) is 1.72. The van der Waals surface area contributed by atoms with E-state index in [-0.39, 0.29) is 18.0 Å². The number of anilines is 1. The van der Waals surface area contributed by atoms with Crippen LogP contribution in [0.1, 0.15) is 37.0 Å². The molecule has 0 aromatic heterocycles. The van der Waals surface area contributed by atoms with E-state index in [9.17, 15) is 9.59 Å². The molecule has 3 rings (SSSR count). The molecule has 2 aliphatic rings. The van der Waals surface area contributed by atoms with Crippen LogP contribution in [0.25, 0.3) is 0 Å². The minimum atomic E-state index is -0.106. The fourth-order valence-corrected chi connectivity index (χ4v) is 3.45. The molecule has 2 aliphatic heterocycles. The van der Waals surface area contributed by atoms with E-state index in [1.54, 1.807) is 0 Å². The SMILES string of the molecule is CCN(CC)CC(=O)N1c2ccccc2C(=O)N2CCCC21. The number of carbonyl (C=O) groups excluding carboxylic acids is 2. The zero-order valence-corrected chi connectivity index (χ0v) is 13.3. The molecular weight excluding hydrogens is 278 g/mol. The Morgan fingerprint density at radius 2 is 2.00 bits per heavy atom. The fourth-order valence-electron chi connectivity index (χ4n) is 3.45. The molecule has 1 saturated heterocycles. The van der Waals surface area contributed by atoms with Gasteiger partial charge in [-0.3, -0.25) is 19.4 Å². The van der Waals surface area contributed by atoms with Crippen LogP contribution in [0.4, 0.5) is 5.69 Å². The van der Waals surface area contributed by atoms with E-state index < -0.39 is 0 Å². The average Bonchev–Trinajstić information content (AvgIpc) is 3.02. The topological polar surface area (TPSA) is 43.9 Å². The molecule has 0 saturated carbocycles. The summed E-state index contributed by atoms with van der Waals surface area (Å²) >= 11 is 0. The molecule has 1 atom stereocenters. The Labute approximate surface area is 131 Å². The Hall–Kier alpha value is -1.88. The van der Waals surface area contributed by atoms with Crippen LogP contribution in [-0.2, 0) is 4.79 Å². The molecule has 2 heterocycles. The van der Waals surface area contributed by atoms with E-state index in [1.165, 1.54) is 0 Å². The number of rotatable bonds is 4. The van der Waals surface area contributed by atoms with Crippen molar-refractivity contribution in [3.63, 3.8) is 0 Å². The summed E-state index contributed by atoms with van der Waals surface area (Å²) in [4.78, 5) is 31.3. The molecule has 1 unspecified atom stereocenters. The maximum absolute atomic E-state index is 12.9. The molecule has 2 amide bonds. The number of amides is 2. The van der Waals surface area contributed by atoms with Gasteiger partial charge in [0.25, 0.3) is 5.91 Å². The molecule has 0 radical (unpaired) electrons. The molecule has 22 heavy (non-hydrogen) atoms. The quantitative estimate of drug-likeness (QED) is 0.853. The molecule has 5 nitrogen and oxygen atoms in total. The fraction of sp³-hybridized carbons (Fsp3) is 0.529. The lowest BCUT2D eigenvalue weighted by molar-refractivity contribution is -0.120. The molecule has 0 N–H and O–H groups in total. The molecule has 0 spiro atoms. The highest BCUT2D eigenvalue weighted by Gasteiger charge is 2.42. The van der Waals surface area contributed by atoms with E-state index in [2.05, 4.69) is 18.7 Å². The normalized spacial score (nSPS) is 20.3. The van der Waals surface area contributed by atoms with Crippen LogP contribution in [-0.4, -0.2) is 54.0 Å². The zero-order chi connectivity index (χ0) is 15.7. The molecule has 1 aromatic carbocycles. The lowest BCUT2D eigenvalue weighted by Crippen LogP contribution is -2.56. The Morgan fingerprint density at radius 1 is 1.27 bits per heavy atom. The number of likely N-dealkylation sites (N-methyl/N-ethyl adjacent to an activating group) is 1. The second kappa shape index (κ2) is 6.08. The van der Waals surface area contributed by atoms with E-state index in [4.69, 9.17) is 0 Å². The largest absolute Gasteiger partial charge is 0.318 e. The summed E-state index contributed by atoms with van der Waals surface area (Å²) in [6.45, 7) is 6.97. The molecule has 118 valence electrons. The summed E-state index contributed by atoms with van der Waals surface area (Å²) in [5.74, 6) is 0.144. The lowest BCUT2D eigenvalue weighted by Gasteiger charge is -2.41. The van der Waals surface area contributed by atoms with Crippen molar-refractivity contribution < 1.29 is 9.59 Å². The van der Waals surface area contributed by atoms with E-state index in [0.717, 1.165) is 38.2 Å². The third-order valence-corrected chi connectivity index (χ3v) is 4.70. The van der Waals surface area contributed by atoms with Gasteiger partial charge in [0.15, 0.2) is 0 Å². The van der Waals surface area contributed by atoms with Gasteiger partial charge in [0.2, 0.25) is 5.91 Å². The van der Waals surface area contributed by atoms with Crippen LogP contribution in [0.2, 0.25) is 0 Å². The Balaban J connectivity index is 1.96. The molecule has 0 aliphatic carbocycles. The van der Waals surface area contributed by atoms with Crippen LogP contribution in [0.5, 0.6) is 0 Å². The van der Waals surface area contributed by atoms with Crippen LogP contribution >= 0.6 is 0 Å². The smallest absolute Gasteiger partial charge is 0.257 e. The van der Waals surface area contributed by atoms with Crippen LogP contribution < -0.4 is 4.90 Å². The number of fused-ring (bicyclic) bond motifs is 2. The third-order valence-electron chi connectivity index (χ3n) is 4.70. The standard InChI is InChI=1S/C17H23N3O2/c1-3-18(4-2)12-16(21)20-14-9-6-5-8-13(14)17(22)19-11-7-10-15(19)20/h5-6,8-9,15H,3-4,7,10-12H2,1-2H3. The van der Waals surface area contributed by atoms with Crippen LogP contribution in [0.15, 0.2) is 24.3 Å². The molecule has 1 fully saturated rings. The summed E-state index contributed by atoms with van der Waals surface area (Å²) in [7, 11) is 0. The first-order valence-electron chi connectivity index (χ1n) is 8.11. The van der Waals surface area contributed by atoms with Crippen molar-refractivity contribution in [3.8, 4) is 0 Å². The van der Waals surface area contributed by atoms with Crippen molar-refractivity contribution in [1.29, 1.82) is 0 Å². The highest BCUT2D eigenvalue weighted by Crippen LogP contribution is 2.35. The van der Waals surface area contributed by atoms with Gasteiger partial charge < -0.3 is 4.90 Å². The van der Waals surface area contributed by atoms with Gasteiger partial charge in [-0.15, -0.1) is 0 Å². The third kappa shape index (κ3) is 2.39. The number of nitrogens with zero attached hydrogens (tertiary/aromatic N) is 3. The molecule has 1 aromatic rings. The first-order valence-corrected chi connectivity index (χ1v) is 8.11. The average molecular weight is 301 g/mol. The Kier molecular flexibility index (Phi) is 4.16. The van der Waals surface area contributed by atoms with Crippen molar-refractivity contribution in [2.75, 3.05) is 31.1 Å². The predicted molar refractivity (Wildman–Crippen MR) is 85.8 cm³/mol. The minimum absolute atomic E-state index is 0.0602. The van der Waals surface area contributed by atoms with Gasteiger partial charge in [0.05, 0.1) is 17.8 Å². The van der Waals surface area contributed by atoms with E-state index >= 15 is 0 Å². The van der Waals surface area contributed by atoms with Gasteiger partial charge in [-0.25, -0.2) is 0 Å².